The van der Waals surface area contributed by atoms with Gasteiger partial charge < -0.3 is 10.2 Å². The van der Waals surface area contributed by atoms with Gasteiger partial charge in [-0.25, -0.2) is 4.39 Å². The van der Waals surface area contributed by atoms with Crippen LogP contribution < -0.4 is 10.2 Å². The molecule has 0 bridgehead atoms. The van der Waals surface area contributed by atoms with E-state index in [-0.39, 0.29) is 17.8 Å². The molecule has 2 N–H and O–H groups in total. The highest BCUT2D eigenvalue weighted by Gasteiger charge is 2.24. The maximum absolute atomic E-state index is 13.8. The largest absolute Gasteiger partial charge is 0.348 e. The molecular weight excluding hydrogens is 303 g/mol. The first-order chi connectivity index (χ1) is 10.5. The van der Waals surface area contributed by atoms with Crippen LogP contribution in [0.4, 0.5) is 4.39 Å². The monoisotopic (exact) mass is 327 g/mol. The lowest BCUT2D eigenvalue weighted by Crippen LogP contribution is -3.09. The van der Waals surface area contributed by atoms with E-state index in [0.717, 1.165) is 11.3 Å². The predicted octanol–water partition coefficient (Wildman–Crippen LogP) is 2.19. The number of likely N-dealkylation sites (N-methyl/N-ethyl adjacent to an activating group) is 1. The maximum atomic E-state index is 13.8. The third-order valence-corrected chi connectivity index (χ3v) is 4.81. The Morgan fingerprint density at radius 3 is 2.82 bits per heavy atom. The van der Waals surface area contributed by atoms with Gasteiger partial charge in [-0.2, -0.15) is 0 Å². The quantitative estimate of drug-likeness (QED) is 0.854. The Hall–Kier alpha value is -1.13. The van der Waals surface area contributed by atoms with Gasteiger partial charge in [-0.05, 0) is 30.9 Å². The van der Waals surface area contributed by atoms with Gasteiger partial charge in [-0.1, -0.05) is 37.4 Å². The molecule has 22 heavy (non-hydrogen) atoms. The van der Waals surface area contributed by atoms with Gasteiger partial charge in [0.05, 0.1) is 17.6 Å². The highest BCUT2D eigenvalue weighted by Crippen LogP contribution is 2.23. The summed E-state index contributed by atoms with van der Waals surface area (Å²) in [6.45, 7) is 2.92. The average Bonchev–Trinajstić information content (AvgIpc) is 2.45. The molecule has 1 aliphatic carbocycles. The van der Waals surface area contributed by atoms with Crippen molar-refractivity contribution in [3.05, 3.63) is 34.6 Å². The molecule has 2 rings (SSSR count). The molecule has 1 fully saturated rings. The van der Waals surface area contributed by atoms with E-state index in [1.165, 1.54) is 25.3 Å². The van der Waals surface area contributed by atoms with Gasteiger partial charge in [0.25, 0.3) is 5.91 Å². The summed E-state index contributed by atoms with van der Waals surface area (Å²) in [7, 11) is 1.88. The molecular formula is C17H25ClFN2O+. The van der Waals surface area contributed by atoms with E-state index in [4.69, 9.17) is 11.6 Å². The Morgan fingerprint density at radius 1 is 1.41 bits per heavy atom. The molecule has 3 nitrogen and oxygen atoms in total. The van der Waals surface area contributed by atoms with E-state index >= 15 is 0 Å². The lowest BCUT2D eigenvalue weighted by molar-refractivity contribution is -0.885. The van der Waals surface area contributed by atoms with Crippen molar-refractivity contribution in [3.63, 3.8) is 0 Å². The highest BCUT2D eigenvalue weighted by molar-refractivity contribution is 6.31. The lowest BCUT2D eigenvalue weighted by atomic mass is 9.86. The third kappa shape index (κ3) is 4.68. The van der Waals surface area contributed by atoms with Gasteiger partial charge in [0, 0.05) is 6.04 Å². The van der Waals surface area contributed by atoms with E-state index in [1.54, 1.807) is 12.1 Å². The standard InChI is InChI=1S/C17H24ClFN2O/c1-12-6-3-4-9-16(12)20-17(22)11-21(2)10-13-14(18)7-5-8-15(13)19/h5,7-8,12,16H,3-4,6,9-11H2,1-2H3,(H,20,22)/p+1/t12-,16-/m0/s1. The molecule has 1 saturated carbocycles. The summed E-state index contributed by atoms with van der Waals surface area (Å²) in [6, 6.07) is 4.95. The van der Waals surface area contributed by atoms with Crippen LogP contribution >= 0.6 is 11.6 Å². The Kier molecular flexibility index (Phi) is 6.21. The fraction of sp³-hybridized carbons (Fsp3) is 0.588. The van der Waals surface area contributed by atoms with Gasteiger partial charge in [0.2, 0.25) is 0 Å². The minimum atomic E-state index is -0.312. The van der Waals surface area contributed by atoms with Crippen molar-refractivity contribution in [3.8, 4) is 0 Å². The summed E-state index contributed by atoms with van der Waals surface area (Å²) in [5.74, 6) is 0.260. The van der Waals surface area contributed by atoms with Crippen molar-refractivity contribution < 1.29 is 14.1 Å². The van der Waals surface area contributed by atoms with Crippen LogP contribution in [0.2, 0.25) is 5.02 Å². The molecule has 1 unspecified atom stereocenters. The van der Waals surface area contributed by atoms with Gasteiger partial charge >= 0.3 is 0 Å². The van der Waals surface area contributed by atoms with E-state index in [2.05, 4.69) is 12.2 Å². The second-order valence-electron chi connectivity index (χ2n) is 6.45. The lowest BCUT2D eigenvalue weighted by Gasteiger charge is -2.29. The van der Waals surface area contributed by atoms with Crippen molar-refractivity contribution in [2.24, 2.45) is 5.92 Å². The highest BCUT2D eigenvalue weighted by atomic mass is 35.5. The van der Waals surface area contributed by atoms with Crippen LogP contribution in [0, 0.1) is 11.7 Å². The molecule has 122 valence electrons. The number of amides is 1. The van der Waals surface area contributed by atoms with Crippen LogP contribution in [0.3, 0.4) is 0 Å². The van der Waals surface area contributed by atoms with Crippen molar-refractivity contribution >= 4 is 17.5 Å². The zero-order valence-corrected chi connectivity index (χ0v) is 14.0. The average molecular weight is 328 g/mol. The molecule has 1 aromatic carbocycles. The first kappa shape index (κ1) is 17.2. The molecule has 0 aliphatic heterocycles. The van der Waals surface area contributed by atoms with Gasteiger partial charge in [-0.15, -0.1) is 0 Å². The number of hydrogen-bond acceptors (Lipinski definition) is 1. The van der Waals surface area contributed by atoms with Gasteiger partial charge in [-0.3, -0.25) is 4.79 Å². The summed E-state index contributed by atoms with van der Waals surface area (Å²) >= 11 is 6.03. The molecule has 3 atom stereocenters. The fourth-order valence-electron chi connectivity index (χ4n) is 3.13. The second kappa shape index (κ2) is 7.93. The van der Waals surface area contributed by atoms with Gasteiger partial charge in [0.1, 0.15) is 12.4 Å². The van der Waals surface area contributed by atoms with Crippen molar-refractivity contribution in [2.75, 3.05) is 13.6 Å². The molecule has 0 saturated heterocycles. The number of benzene rings is 1. The summed E-state index contributed by atoms with van der Waals surface area (Å²) in [5, 5.41) is 3.55. The van der Waals surface area contributed by atoms with Crippen LogP contribution in [0.15, 0.2) is 18.2 Å². The Morgan fingerprint density at radius 2 is 2.14 bits per heavy atom. The minimum absolute atomic E-state index is 0.0312. The van der Waals surface area contributed by atoms with Crippen molar-refractivity contribution in [1.29, 1.82) is 0 Å². The van der Waals surface area contributed by atoms with Gasteiger partial charge in [0.15, 0.2) is 6.54 Å². The summed E-state index contributed by atoms with van der Waals surface area (Å²) in [5.41, 5.74) is 0.473. The Balaban J connectivity index is 1.86. The first-order valence-electron chi connectivity index (χ1n) is 8.01. The number of quaternary nitrogens is 1. The smallest absolute Gasteiger partial charge is 0.275 e. The third-order valence-electron chi connectivity index (χ3n) is 4.46. The van der Waals surface area contributed by atoms with Crippen molar-refractivity contribution in [2.45, 2.75) is 45.2 Å². The number of carbonyl (C=O) groups is 1. The molecule has 1 amide bonds. The van der Waals surface area contributed by atoms with E-state index in [9.17, 15) is 9.18 Å². The van der Waals surface area contributed by atoms with E-state index < -0.39 is 0 Å². The first-order valence-corrected chi connectivity index (χ1v) is 8.38. The molecule has 0 aromatic heterocycles. The van der Waals surface area contributed by atoms with Crippen LogP contribution in [0.5, 0.6) is 0 Å². The van der Waals surface area contributed by atoms with E-state index in [0.29, 0.717) is 29.6 Å². The normalized spacial score (nSPS) is 23.1. The number of hydrogen-bond donors (Lipinski definition) is 2. The molecule has 1 aliphatic rings. The Bertz CT molecular complexity index is 503. The number of nitrogens with one attached hydrogen (secondary N) is 2. The zero-order valence-electron chi connectivity index (χ0n) is 13.3. The molecule has 0 spiro atoms. The predicted molar refractivity (Wildman–Crippen MR) is 86.4 cm³/mol. The minimum Gasteiger partial charge on any atom is -0.348 e. The zero-order chi connectivity index (χ0) is 16.1. The SMILES string of the molecule is C[C@H]1CCCC[C@@H]1NC(=O)C[NH+](C)Cc1c(F)cccc1Cl. The summed E-state index contributed by atoms with van der Waals surface area (Å²) < 4.78 is 13.8. The van der Waals surface area contributed by atoms with Crippen LogP contribution in [0.1, 0.15) is 38.2 Å². The molecule has 5 heteroatoms. The Labute approximate surface area is 136 Å². The number of halogens is 2. The molecule has 0 radical (unpaired) electrons. The van der Waals surface area contributed by atoms with E-state index in [1.807, 2.05) is 7.05 Å². The summed E-state index contributed by atoms with van der Waals surface area (Å²) in [6.07, 6.45) is 4.68. The van der Waals surface area contributed by atoms with Crippen molar-refractivity contribution in [1.82, 2.24) is 5.32 Å². The number of carbonyl (C=O) groups excluding carboxylic acids is 1. The van der Waals surface area contributed by atoms with Crippen LogP contribution in [-0.4, -0.2) is 25.5 Å². The number of rotatable bonds is 5. The fourth-order valence-corrected chi connectivity index (χ4v) is 3.36. The second-order valence-corrected chi connectivity index (χ2v) is 6.85. The van der Waals surface area contributed by atoms with Crippen LogP contribution in [0.25, 0.3) is 0 Å². The topological polar surface area (TPSA) is 33.5 Å². The molecule has 1 aromatic rings. The summed E-state index contributed by atoms with van der Waals surface area (Å²) in [4.78, 5) is 13.1. The molecule has 0 heterocycles. The van der Waals surface area contributed by atoms with Crippen LogP contribution in [-0.2, 0) is 11.3 Å². The maximum Gasteiger partial charge on any atom is 0.275 e.